The maximum absolute atomic E-state index is 13.3. The molecule has 0 spiro atoms. The number of ether oxygens (including phenoxy) is 1. The molecule has 1 aromatic carbocycles. The van der Waals surface area contributed by atoms with Crippen molar-refractivity contribution in [2.75, 3.05) is 6.26 Å². The first kappa shape index (κ1) is 13.6. The number of hydrogen-bond acceptors (Lipinski definition) is 4. The smallest absolute Gasteiger partial charge is 0.329 e. The Morgan fingerprint density at radius 1 is 1.41 bits per heavy atom. The van der Waals surface area contributed by atoms with Crippen LogP contribution in [0.4, 0.5) is 4.39 Å². The van der Waals surface area contributed by atoms with E-state index in [4.69, 9.17) is 4.74 Å². The minimum Gasteiger partial charge on any atom is -0.422 e. The van der Waals surface area contributed by atoms with Crippen molar-refractivity contribution < 1.29 is 22.3 Å². The van der Waals surface area contributed by atoms with E-state index in [9.17, 15) is 17.6 Å². The molecule has 1 rings (SSSR count). The molecule has 0 bridgehead atoms. The van der Waals surface area contributed by atoms with Crippen LogP contribution in [0.3, 0.4) is 0 Å². The number of halogens is 1. The van der Waals surface area contributed by atoms with Crippen molar-refractivity contribution in [2.45, 2.75) is 19.1 Å². The van der Waals surface area contributed by atoms with Gasteiger partial charge in [-0.05, 0) is 31.5 Å². The zero-order valence-electron chi connectivity index (χ0n) is 9.73. The van der Waals surface area contributed by atoms with Crippen LogP contribution in [0.1, 0.15) is 12.5 Å². The van der Waals surface area contributed by atoms with Crippen LogP contribution in [-0.4, -0.2) is 25.9 Å². The molecule has 0 aliphatic rings. The molecular weight excluding hydrogens is 247 g/mol. The second kappa shape index (κ2) is 4.83. The maximum atomic E-state index is 13.3. The minimum atomic E-state index is -3.54. The molecule has 0 aliphatic heterocycles. The lowest BCUT2D eigenvalue weighted by molar-refractivity contribution is -0.133. The molecule has 0 saturated heterocycles. The molecule has 1 aromatic rings. The van der Waals surface area contributed by atoms with Gasteiger partial charge < -0.3 is 4.74 Å². The molecule has 0 unspecified atom stereocenters. The van der Waals surface area contributed by atoms with E-state index in [1.807, 2.05) is 0 Å². The zero-order valence-corrected chi connectivity index (χ0v) is 10.5. The molecule has 6 heteroatoms. The van der Waals surface area contributed by atoms with E-state index in [-0.39, 0.29) is 5.75 Å². The second-order valence-electron chi connectivity index (χ2n) is 3.83. The Bertz CT molecular complexity index is 536. The molecule has 1 atom stereocenters. The van der Waals surface area contributed by atoms with Gasteiger partial charge in [-0.2, -0.15) is 0 Å². The van der Waals surface area contributed by atoms with Crippen LogP contribution in [0.25, 0.3) is 0 Å². The second-order valence-corrected chi connectivity index (χ2v) is 6.19. The summed E-state index contributed by atoms with van der Waals surface area (Å²) < 4.78 is 40.2. The average Bonchev–Trinajstić information content (AvgIpc) is 2.21. The molecule has 0 radical (unpaired) electrons. The number of rotatable bonds is 3. The van der Waals surface area contributed by atoms with Crippen LogP contribution in [0.15, 0.2) is 18.2 Å². The van der Waals surface area contributed by atoms with E-state index in [0.29, 0.717) is 5.56 Å². The van der Waals surface area contributed by atoms with Crippen molar-refractivity contribution in [1.29, 1.82) is 0 Å². The number of esters is 1. The van der Waals surface area contributed by atoms with Gasteiger partial charge in [0.2, 0.25) is 0 Å². The Morgan fingerprint density at radius 3 is 2.53 bits per heavy atom. The molecule has 17 heavy (non-hydrogen) atoms. The molecule has 0 aliphatic carbocycles. The lowest BCUT2D eigenvalue weighted by Gasteiger charge is -2.10. The Balaban J connectivity index is 2.92. The lowest BCUT2D eigenvalue weighted by atomic mass is 10.2. The molecule has 0 amide bonds. The average molecular weight is 260 g/mol. The van der Waals surface area contributed by atoms with E-state index in [2.05, 4.69) is 0 Å². The number of hydrogen-bond donors (Lipinski definition) is 0. The summed E-state index contributed by atoms with van der Waals surface area (Å²) in [5.74, 6) is -1.95. The highest BCUT2D eigenvalue weighted by atomic mass is 32.2. The molecule has 0 heterocycles. The Hall–Kier alpha value is -1.43. The van der Waals surface area contributed by atoms with E-state index in [1.165, 1.54) is 19.1 Å². The van der Waals surface area contributed by atoms with Gasteiger partial charge >= 0.3 is 5.97 Å². The number of aryl methyl sites for hydroxylation is 1. The molecule has 0 aromatic heterocycles. The third-order valence-electron chi connectivity index (χ3n) is 2.27. The van der Waals surface area contributed by atoms with Gasteiger partial charge in [-0.25, -0.2) is 12.8 Å². The van der Waals surface area contributed by atoms with Gasteiger partial charge in [0.25, 0.3) is 0 Å². The van der Waals surface area contributed by atoms with Crippen LogP contribution in [-0.2, 0) is 14.6 Å². The van der Waals surface area contributed by atoms with Crippen LogP contribution in [0, 0.1) is 12.7 Å². The summed E-state index contributed by atoms with van der Waals surface area (Å²) in [6.45, 7) is 2.90. The standard InChI is InChI=1S/C11H13FO4S/c1-7-4-5-9(12)10(6-7)16-11(13)8(2)17(3,14)15/h4-6,8H,1-3H3/t8-/m0/s1. The van der Waals surface area contributed by atoms with E-state index >= 15 is 0 Å². The molecule has 4 nitrogen and oxygen atoms in total. The van der Waals surface area contributed by atoms with Crippen molar-refractivity contribution in [3.8, 4) is 5.75 Å². The molecule has 0 N–H and O–H groups in total. The van der Waals surface area contributed by atoms with Crippen LogP contribution < -0.4 is 4.74 Å². The summed E-state index contributed by atoms with van der Waals surface area (Å²) in [5, 5.41) is -1.32. The first-order valence-corrected chi connectivity index (χ1v) is 6.84. The number of carbonyl (C=O) groups is 1. The topological polar surface area (TPSA) is 60.4 Å². The van der Waals surface area contributed by atoms with Crippen molar-refractivity contribution in [1.82, 2.24) is 0 Å². The highest BCUT2D eigenvalue weighted by Gasteiger charge is 2.26. The zero-order chi connectivity index (χ0) is 13.2. The fourth-order valence-electron chi connectivity index (χ4n) is 1.05. The van der Waals surface area contributed by atoms with Gasteiger partial charge in [-0.15, -0.1) is 0 Å². The monoisotopic (exact) mass is 260 g/mol. The summed E-state index contributed by atoms with van der Waals surface area (Å²) in [7, 11) is -3.54. The van der Waals surface area contributed by atoms with E-state index in [0.717, 1.165) is 12.3 Å². The van der Waals surface area contributed by atoms with Crippen LogP contribution in [0.2, 0.25) is 0 Å². The molecule has 0 fully saturated rings. The highest BCUT2D eigenvalue weighted by Crippen LogP contribution is 2.19. The summed E-state index contributed by atoms with van der Waals surface area (Å²) in [5.41, 5.74) is 0.709. The fourth-order valence-corrected chi connectivity index (χ4v) is 1.45. The van der Waals surface area contributed by atoms with Crippen LogP contribution in [0.5, 0.6) is 5.75 Å². The minimum absolute atomic E-state index is 0.259. The van der Waals surface area contributed by atoms with Gasteiger partial charge in [0.15, 0.2) is 26.7 Å². The quantitative estimate of drug-likeness (QED) is 0.610. The SMILES string of the molecule is Cc1ccc(F)c(OC(=O)[C@H](C)S(C)(=O)=O)c1. The number of sulfone groups is 1. The highest BCUT2D eigenvalue weighted by molar-refractivity contribution is 7.92. The summed E-state index contributed by atoms with van der Waals surface area (Å²) >= 11 is 0. The summed E-state index contributed by atoms with van der Waals surface area (Å²) in [4.78, 5) is 11.5. The van der Waals surface area contributed by atoms with Gasteiger partial charge in [-0.1, -0.05) is 6.07 Å². The Morgan fingerprint density at radius 2 is 2.00 bits per heavy atom. The number of carbonyl (C=O) groups excluding carboxylic acids is 1. The first-order valence-electron chi connectivity index (χ1n) is 4.88. The molecule has 94 valence electrons. The predicted molar refractivity (Wildman–Crippen MR) is 61.1 cm³/mol. The van der Waals surface area contributed by atoms with Crippen molar-refractivity contribution in [3.05, 3.63) is 29.6 Å². The summed E-state index contributed by atoms with van der Waals surface area (Å²) in [6, 6.07) is 4.01. The number of benzene rings is 1. The van der Waals surface area contributed by atoms with Crippen LogP contribution >= 0.6 is 0 Å². The van der Waals surface area contributed by atoms with Crippen molar-refractivity contribution in [2.24, 2.45) is 0 Å². The third-order valence-corrected chi connectivity index (χ3v) is 3.75. The maximum Gasteiger partial charge on any atom is 0.329 e. The van der Waals surface area contributed by atoms with Gasteiger partial charge in [0, 0.05) is 6.26 Å². The third kappa shape index (κ3) is 3.52. The van der Waals surface area contributed by atoms with E-state index < -0.39 is 26.9 Å². The van der Waals surface area contributed by atoms with Crippen molar-refractivity contribution >= 4 is 15.8 Å². The Labute approximate surface area is 99.3 Å². The molecule has 0 saturated carbocycles. The first-order chi connectivity index (χ1) is 7.71. The van der Waals surface area contributed by atoms with Crippen molar-refractivity contribution in [3.63, 3.8) is 0 Å². The molecular formula is C11H13FO4S. The van der Waals surface area contributed by atoms with Gasteiger partial charge in [0.05, 0.1) is 0 Å². The normalized spacial score (nSPS) is 13.2. The Kier molecular flexibility index (Phi) is 3.87. The predicted octanol–water partition coefficient (Wildman–Crippen LogP) is 1.47. The largest absolute Gasteiger partial charge is 0.422 e. The summed E-state index contributed by atoms with van der Waals surface area (Å²) in [6.07, 6.45) is 0.922. The fraction of sp³-hybridized carbons (Fsp3) is 0.364. The lowest BCUT2D eigenvalue weighted by Crippen LogP contribution is -2.30. The van der Waals surface area contributed by atoms with Gasteiger partial charge in [-0.3, -0.25) is 4.79 Å². The van der Waals surface area contributed by atoms with E-state index in [1.54, 1.807) is 6.92 Å². The van der Waals surface area contributed by atoms with Gasteiger partial charge in [0.1, 0.15) is 0 Å².